The number of carboxylic acids is 1. The molecule has 2 unspecified atom stereocenters. The minimum atomic E-state index is -1.05. The summed E-state index contributed by atoms with van der Waals surface area (Å²) in [6.07, 6.45) is 5.20. The standard InChI is InChI=1S/C13H19N3O2/c1-9-4-2-3-5-10(9)8-14-12-7-6-11(13(17)18)15-16-12/h6-7,9-10H,2-5,8H2,1H3,(H,14,16)(H,17,18). The Hall–Kier alpha value is -1.65. The monoisotopic (exact) mass is 249 g/mol. The quantitative estimate of drug-likeness (QED) is 0.857. The molecule has 1 fully saturated rings. The molecule has 2 atom stereocenters. The molecule has 5 nitrogen and oxygen atoms in total. The van der Waals surface area contributed by atoms with E-state index in [4.69, 9.17) is 5.11 Å². The number of carboxylic acid groups (broad SMARTS) is 1. The van der Waals surface area contributed by atoms with Gasteiger partial charge < -0.3 is 10.4 Å². The fourth-order valence-corrected chi connectivity index (χ4v) is 2.47. The number of hydrogen-bond acceptors (Lipinski definition) is 4. The number of rotatable bonds is 4. The summed E-state index contributed by atoms with van der Waals surface area (Å²) in [5, 5.41) is 19.5. The predicted octanol–water partition coefficient (Wildman–Crippen LogP) is 2.41. The highest BCUT2D eigenvalue weighted by Gasteiger charge is 2.20. The SMILES string of the molecule is CC1CCCCC1CNc1ccc(C(=O)O)nn1. The Labute approximate surface area is 107 Å². The van der Waals surface area contributed by atoms with Crippen LogP contribution in [-0.4, -0.2) is 27.8 Å². The molecule has 0 spiro atoms. The largest absolute Gasteiger partial charge is 0.476 e. The lowest BCUT2D eigenvalue weighted by Gasteiger charge is -2.28. The zero-order chi connectivity index (χ0) is 13.0. The Kier molecular flexibility index (Phi) is 4.12. The first-order valence-electron chi connectivity index (χ1n) is 6.47. The molecule has 0 bridgehead atoms. The van der Waals surface area contributed by atoms with E-state index >= 15 is 0 Å². The predicted molar refractivity (Wildman–Crippen MR) is 68.6 cm³/mol. The summed E-state index contributed by atoms with van der Waals surface area (Å²) >= 11 is 0. The highest BCUT2D eigenvalue weighted by atomic mass is 16.4. The number of nitrogens with one attached hydrogen (secondary N) is 1. The number of aromatic carboxylic acids is 1. The Morgan fingerprint density at radius 2 is 2.17 bits per heavy atom. The number of anilines is 1. The Bertz CT molecular complexity index is 405. The molecule has 0 saturated heterocycles. The van der Waals surface area contributed by atoms with E-state index in [1.165, 1.54) is 31.7 Å². The van der Waals surface area contributed by atoms with Crippen LogP contribution >= 0.6 is 0 Å². The first-order valence-corrected chi connectivity index (χ1v) is 6.47. The van der Waals surface area contributed by atoms with Crippen LogP contribution in [0.2, 0.25) is 0 Å². The zero-order valence-electron chi connectivity index (χ0n) is 10.6. The van der Waals surface area contributed by atoms with Crippen LogP contribution in [-0.2, 0) is 0 Å². The van der Waals surface area contributed by atoms with Gasteiger partial charge in [0.2, 0.25) is 0 Å². The van der Waals surface area contributed by atoms with E-state index in [0.29, 0.717) is 11.7 Å². The van der Waals surface area contributed by atoms with E-state index in [9.17, 15) is 4.79 Å². The van der Waals surface area contributed by atoms with Gasteiger partial charge in [0.15, 0.2) is 5.69 Å². The van der Waals surface area contributed by atoms with E-state index < -0.39 is 5.97 Å². The first kappa shape index (κ1) is 12.8. The van der Waals surface area contributed by atoms with E-state index in [2.05, 4.69) is 22.4 Å². The molecule has 1 aromatic rings. The van der Waals surface area contributed by atoms with E-state index in [1.807, 2.05) is 0 Å². The van der Waals surface area contributed by atoms with E-state index in [0.717, 1.165) is 12.5 Å². The molecular formula is C13H19N3O2. The van der Waals surface area contributed by atoms with Gasteiger partial charge in [0.25, 0.3) is 0 Å². The van der Waals surface area contributed by atoms with Gasteiger partial charge in [-0.05, 0) is 30.4 Å². The van der Waals surface area contributed by atoms with Crippen molar-refractivity contribution in [3.05, 3.63) is 17.8 Å². The minimum absolute atomic E-state index is 0.0217. The van der Waals surface area contributed by atoms with Crippen molar-refractivity contribution in [2.24, 2.45) is 11.8 Å². The van der Waals surface area contributed by atoms with Gasteiger partial charge in [-0.1, -0.05) is 26.2 Å². The first-order chi connectivity index (χ1) is 8.66. The van der Waals surface area contributed by atoms with Gasteiger partial charge in [0.05, 0.1) is 0 Å². The van der Waals surface area contributed by atoms with Crippen LogP contribution in [0.5, 0.6) is 0 Å². The Balaban J connectivity index is 1.87. The molecule has 0 aliphatic heterocycles. The van der Waals surface area contributed by atoms with Gasteiger partial charge >= 0.3 is 5.97 Å². The molecule has 0 aromatic carbocycles. The third kappa shape index (κ3) is 3.18. The van der Waals surface area contributed by atoms with E-state index in [-0.39, 0.29) is 5.69 Å². The Morgan fingerprint density at radius 3 is 2.78 bits per heavy atom. The van der Waals surface area contributed by atoms with Crippen LogP contribution in [0.4, 0.5) is 5.82 Å². The molecule has 1 heterocycles. The molecule has 1 aromatic heterocycles. The second-order valence-electron chi connectivity index (χ2n) is 5.01. The smallest absolute Gasteiger partial charge is 0.356 e. The van der Waals surface area contributed by atoms with Crippen molar-refractivity contribution < 1.29 is 9.90 Å². The molecular weight excluding hydrogens is 230 g/mol. The molecule has 2 rings (SSSR count). The summed E-state index contributed by atoms with van der Waals surface area (Å²) in [4.78, 5) is 10.6. The second-order valence-corrected chi connectivity index (χ2v) is 5.01. The lowest BCUT2D eigenvalue weighted by molar-refractivity contribution is 0.0689. The summed E-state index contributed by atoms with van der Waals surface area (Å²) in [6, 6.07) is 3.14. The molecule has 1 aliphatic rings. The van der Waals surface area contributed by atoms with E-state index in [1.54, 1.807) is 6.07 Å². The lowest BCUT2D eigenvalue weighted by atomic mass is 9.80. The molecule has 18 heavy (non-hydrogen) atoms. The Morgan fingerprint density at radius 1 is 1.39 bits per heavy atom. The molecule has 5 heteroatoms. The normalized spacial score (nSPS) is 23.6. The lowest BCUT2D eigenvalue weighted by Crippen LogP contribution is -2.24. The van der Waals surface area contributed by atoms with Crippen LogP contribution < -0.4 is 5.32 Å². The molecule has 2 N–H and O–H groups in total. The van der Waals surface area contributed by atoms with Crippen LogP contribution in [0.3, 0.4) is 0 Å². The van der Waals surface area contributed by atoms with Crippen LogP contribution in [0.1, 0.15) is 43.1 Å². The maximum absolute atomic E-state index is 10.6. The topological polar surface area (TPSA) is 75.1 Å². The molecule has 1 aliphatic carbocycles. The van der Waals surface area contributed by atoms with Crippen molar-refractivity contribution in [1.29, 1.82) is 0 Å². The second kappa shape index (κ2) is 5.80. The van der Waals surface area contributed by atoms with Crippen molar-refractivity contribution in [2.75, 3.05) is 11.9 Å². The third-order valence-electron chi connectivity index (χ3n) is 3.72. The maximum atomic E-state index is 10.6. The maximum Gasteiger partial charge on any atom is 0.356 e. The van der Waals surface area contributed by atoms with Crippen molar-refractivity contribution >= 4 is 11.8 Å². The van der Waals surface area contributed by atoms with Crippen molar-refractivity contribution in [2.45, 2.75) is 32.6 Å². The molecule has 0 amide bonds. The van der Waals surface area contributed by atoms with Gasteiger partial charge in [-0.15, -0.1) is 10.2 Å². The summed E-state index contributed by atoms with van der Waals surface area (Å²) < 4.78 is 0. The molecule has 98 valence electrons. The fourth-order valence-electron chi connectivity index (χ4n) is 2.47. The van der Waals surface area contributed by atoms with Gasteiger partial charge in [-0.25, -0.2) is 4.79 Å². The molecule has 1 saturated carbocycles. The van der Waals surface area contributed by atoms with Gasteiger partial charge in [0.1, 0.15) is 5.82 Å². The average Bonchev–Trinajstić information content (AvgIpc) is 2.38. The summed E-state index contributed by atoms with van der Waals surface area (Å²) in [5.41, 5.74) is -0.0217. The van der Waals surface area contributed by atoms with Crippen LogP contribution in [0.25, 0.3) is 0 Å². The van der Waals surface area contributed by atoms with Crippen LogP contribution in [0, 0.1) is 11.8 Å². The molecule has 0 radical (unpaired) electrons. The van der Waals surface area contributed by atoms with Gasteiger partial charge in [-0.3, -0.25) is 0 Å². The summed E-state index contributed by atoms with van der Waals surface area (Å²) in [7, 11) is 0. The summed E-state index contributed by atoms with van der Waals surface area (Å²) in [5.74, 6) is 1.03. The fraction of sp³-hybridized carbons (Fsp3) is 0.615. The van der Waals surface area contributed by atoms with Gasteiger partial charge in [-0.2, -0.15) is 0 Å². The number of carbonyl (C=O) groups is 1. The average molecular weight is 249 g/mol. The number of aromatic nitrogens is 2. The minimum Gasteiger partial charge on any atom is -0.476 e. The zero-order valence-corrected chi connectivity index (χ0v) is 10.6. The van der Waals surface area contributed by atoms with Crippen molar-refractivity contribution in [3.8, 4) is 0 Å². The van der Waals surface area contributed by atoms with Crippen molar-refractivity contribution in [3.63, 3.8) is 0 Å². The number of nitrogens with zero attached hydrogens (tertiary/aromatic N) is 2. The van der Waals surface area contributed by atoms with Crippen LogP contribution in [0.15, 0.2) is 12.1 Å². The van der Waals surface area contributed by atoms with Gasteiger partial charge in [0, 0.05) is 6.54 Å². The summed E-state index contributed by atoms with van der Waals surface area (Å²) in [6.45, 7) is 3.19. The number of hydrogen-bond donors (Lipinski definition) is 2. The highest BCUT2D eigenvalue weighted by Crippen LogP contribution is 2.29. The highest BCUT2D eigenvalue weighted by molar-refractivity contribution is 5.85. The van der Waals surface area contributed by atoms with Crippen molar-refractivity contribution in [1.82, 2.24) is 10.2 Å². The third-order valence-corrected chi connectivity index (χ3v) is 3.72.